The molecule has 0 saturated heterocycles. The Morgan fingerprint density at radius 3 is 2.93 bits per heavy atom. The van der Waals surface area contributed by atoms with Crippen molar-refractivity contribution in [2.45, 2.75) is 12.5 Å². The first-order valence-electron chi connectivity index (χ1n) is 4.66. The van der Waals surface area contributed by atoms with Gasteiger partial charge >= 0.3 is 5.97 Å². The highest BCUT2D eigenvalue weighted by molar-refractivity contribution is 14.1. The van der Waals surface area contributed by atoms with Crippen LogP contribution in [-0.2, 0) is 4.74 Å². The summed E-state index contributed by atoms with van der Waals surface area (Å²) in [7, 11) is 1.18. The van der Waals surface area contributed by atoms with Crippen molar-refractivity contribution >= 4 is 38.8 Å². The van der Waals surface area contributed by atoms with Crippen LogP contribution in [0.15, 0.2) is 24.3 Å². The molecule has 0 fully saturated rings. The number of hydrogen-bond donors (Lipinski definition) is 0. The molecule has 0 N–H and O–H groups in total. The summed E-state index contributed by atoms with van der Waals surface area (Å²) in [5.41, 5.74) is 0.644. The Labute approximate surface area is 101 Å². The SMILES string of the molecule is O=C(OCCC[SiH3])c1cccc(I)c1. The number of carbonyl (C=O) groups is 1. The predicted octanol–water partition coefficient (Wildman–Crippen LogP) is 1.62. The maximum absolute atomic E-state index is 11.5. The van der Waals surface area contributed by atoms with E-state index in [2.05, 4.69) is 22.6 Å². The summed E-state index contributed by atoms with van der Waals surface area (Å²) in [5, 5.41) is 0. The molecule has 0 spiro atoms. The number of hydrogen-bond acceptors (Lipinski definition) is 2. The highest BCUT2D eigenvalue weighted by Gasteiger charge is 2.05. The summed E-state index contributed by atoms with van der Waals surface area (Å²) < 4.78 is 6.16. The quantitative estimate of drug-likeness (QED) is 0.365. The molecule has 0 heterocycles. The standard InChI is InChI=1S/C10H13IO2Si/c11-9-4-1-3-8(7-9)10(12)13-5-2-6-14/h1,3-4,7H,2,5-6H2,14H3. The van der Waals surface area contributed by atoms with Gasteiger partial charge in [0.15, 0.2) is 0 Å². The Morgan fingerprint density at radius 2 is 2.29 bits per heavy atom. The maximum Gasteiger partial charge on any atom is 0.338 e. The first kappa shape index (κ1) is 11.7. The lowest BCUT2D eigenvalue weighted by Crippen LogP contribution is -2.06. The van der Waals surface area contributed by atoms with E-state index in [1.54, 1.807) is 6.07 Å². The van der Waals surface area contributed by atoms with Crippen LogP contribution >= 0.6 is 22.6 Å². The Hall–Kier alpha value is -0.363. The minimum atomic E-state index is -0.210. The fraction of sp³-hybridized carbons (Fsp3) is 0.300. The van der Waals surface area contributed by atoms with E-state index in [1.165, 1.54) is 16.3 Å². The number of esters is 1. The topological polar surface area (TPSA) is 26.3 Å². The molecule has 1 aromatic rings. The van der Waals surface area contributed by atoms with Gasteiger partial charge in [0, 0.05) is 13.8 Å². The summed E-state index contributed by atoms with van der Waals surface area (Å²) in [5.74, 6) is -0.210. The molecule has 0 radical (unpaired) electrons. The number of halogens is 1. The molecule has 0 aliphatic rings. The van der Waals surface area contributed by atoms with E-state index >= 15 is 0 Å². The van der Waals surface area contributed by atoms with Crippen molar-refractivity contribution in [2.24, 2.45) is 0 Å². The molecule has 76 valence electrons. The summed E-state index contributed by atoms with van der Waals surface area (Å²) >= 11 is 2.18. The summed E-state index contributed by atoms with van der Waals surface area (Å²) in [6.07, 6.45) is 0.988. The second kappa shape index (κ2) is 6.18. The minimum absolute atomic E-state index is 0.210. The molecule has 1 aromatic carbocycles. The normalized spacial score (nSPS) is 10.1. The molecule has 0 unspecified atom stereocenters. The van der Waals surface area contributed by atoms with Crippen molar-refractivity contribution < 1.29 is 9.53 Å². The summed E-state index contributed by atoms with van der Waals surface area (Å²) in [6, 6.07) is 8.62. The molecule has 0 aliphatic carbocycles. The van der Waals surface area contributed by atoms with Gasteiger partial charge in [-0.05, 0) is 47.2 Å². The van der Waals surface area contributed by atoms with Crippen molar-refractivity contribution in [3.05, 3.63) is 33.4 Å². The third-order valence-corrected chi connectivity index (χ3v) is 3.17. The third-order valence-electron chi connectivity index (χ3n) is 1.79. The monoisotopic (exact) mass is 320 g/mol. The van der Waals surface area contributed by atoms with Gasteiger partial charge in [-0.1, -0.05) is 12.1 Å². The van der Waals surface area contributed by atoms with Crippen molar-refractivity contribution in [3.63, 3.8) is 0 Å². The molecule has 0 saturated carbocycles. The zero-order valence-corrected chi connectivity index (χ0v) is 12.3. The largest absolute Gasteiger partial charge is 0.462 e. The Bertz CT molecular complexity index is 315. The van der Waals surface area contributed by atoms with Crippen LogP contribution in [0.2, 0.25) is 6.04 Å². The van der Waals surface area contributed by atoms with E-state index in [0.717, 1.165) is 9.99 Å². The number of carbonyl (C=O) groups excluding carboxylic acids is 1. The first-order valence-corrected chi connectivity index (χ1v) is 7.16. The minimum Gasteiger partial charge on any atom is -0.462 e. The lowest BCUT2D eigenvalue weighted by molar-refractivity contribution is 0.0505. The first-order chi connectivity index (χ1) is 6.74. The second-order valence-corrected chi connectivity index (χ2v) is 5.25. The van der Waals surface area contributed by atoms with Crippen LogP contribution in [0.25, 0.3) is 0 Å². The molecule has 4 heteroatoms. The summed E-state index contributed by atoms with van der Waals surface area (Å²) in [6.45, 7) is 0.549. The molecule has 0 aliphatic heterocycles. The van der Waals surface area contributed by atoms with Gasteiger partial charge in [-0.3, -0.25) is 0 Å². The van der Waals surface area contributed by atoms with Crippen LogP contribution in [-0.4, -0.2) is 22.8 Å². The van der Waals surface area contributed by atoms with Crippen molar-refractivity contribution in [1.29, 1.82) is 0 Å². The average Bonchev–Trinajstić information content (AvgIpc) is 2.18. The van der Waals surface area contributed by atoms with Gasteiger partial charge in [-0.2, -0.15) is 0 Å². The number of benzene rings is 1. The molecule has 1 rings (SSSR count). The van der Waals surface area contributed by atoms with Crippen LogP contribution in [0.1, 0.15) is 16.8 Å². The maximum atomic E-state index is 11.5. The fourth-order valence-corrected chi connectivity index (χ4v) is 1.84. The van der Waals surface area contributed by atoms with Gasteiger partial charge in [0.2, 0.25) is 0 Å². The van der Waals surface area contributed by atoms with Crippen molar-refractivity contribution in [3.8, 4) is 0 Å². The zero-order valence-electron chi connectivity index (χ0n) is 8.13. The van der Waals surface area contributed by atoms with E-state index in [0.29, 0.717) is 12.2 Å². The molecular formula is C10H13IO2Si. The molecule has 0 amide bonds. The average molecular weight is 320 g/mol. The van der Waals surface area contributed by atoms with Gasteiger partial charge in [0.05, 0.1) is 12.2 Å². The van der Waals surface area contributed by atoms with E-state index in [1.807, 2.05) is 18.2 Å². The van der Waals surface area contributed by atoms with Crippen LogP contribution < -0.4 is 0 Å². The Kier molecular flexibility index (Phi) is 5.17. The number of rotatable bonds is 4. The molecule has 0 aromatic heterocycles. The van der Waals surface area contributed by atoms with Crippen molar-refractivity contribution in [2.75, 3.05) is 6.61 Å². The Balaban J connectivity index is 2.52. The second-order valence-electron chi connectivity index (χ2n) is 3.00. The third kappa shape index (κ3) is 3.79. The van der Waals surface area contributed by atoms with Crippen LogP contribution in [0, 0.1) is 3.57 Å². The van der Waals surface area contributed by atoms with Crippen LogP contribution in [0.5, 0.6) is 0 Å². The fourth-order valence-electron chi connectivity index (χ4n) is 1.01. The lowest BCUT2D eigenvalue weighted by Gasteiger charge is -2.03. The molecule has 0 bridgehead atoms. The lowest BCUT2D eigenvalue weighted by atomic mass is 10.2. The molecule has 14 heavy (non-hydrogen) atoms. The van der Waals surface area contributed by atoms with Gasteiger partial charge in [0.1, 0.15) is 0 Å². The van der Waals surface area contributed by atoms with Crippen molar-refractivity contribution in [1.82, 2.24) is 0 Å². The van der Waals surface area contributed by atoms with Gasteiger partial charge in [-0.15, -0.1) is 0 Å². The Morgan fingerprint density at radius 1 is 1.50 bits per heavy atom. The zero-order chi connectivity index (χ0) is 10.4. The number of ether oxygens (including phenoxy) is 1. The predicted molar refractivity (Wildman–Crippen MR) is 68.8 cm³/mol. The highest BCUT2D eigenvalue weighted by Crippen LogP contribution is 2.09. The van der Waals surface area contributed by atoms with E-state index in [-0.39, 0.29) is 5.97 Å². The molecule has 2 nitrogen and oxygen atoms in total. The van der Waals surface area contributed by atoms with E-state index in [9.17, 15) is 4.79 Å². The van der Waals surface area contributed by atoms with Gasteiger partial charge in [0.25, 0.3) is 0 Å². The van der Waals surface area contributed by atoms with Crippen LogP contribution in [0.3, 0.4) is 0 Å². The molecule has 0 atom stereocenters. The van der Waals surface area contributed by atoms with E-state index < -0.39 is 0 Å². The van der Waals surface area contributed by atoms with Crippen LogP contribution in [0.4, 0.5) is 0 Å². The molecular weight excluding hydrogens is 307 g/mol. The van der Waals surface area contributed by atoms with Gasteiger partial charge in [-0.25, -0.2) is 4.79 Å². The highest BCUT2D eigenvalue weighted by atomic mass is 127. The van der Waals surface area contributed by atoms with E-state index in [4.69, 9.17) is 4.74 Å². The van der Waals surface area contributed by atoms with Gasteiger partial charge < -0.3 is 4.74 Å². The smallest absolute Gasteiger partial charge is 0.338 e. The summed E-state index contributed by atoms with van der Waals surface area (Å²) in [4.78, 5) is 11.5.